The van der Waals surface area contributed by atoms with Crippen LogP contribution < -0.4 is 0 Å². The van der Waals surface area contributed by atoms with Crippen LogP contribution in [0.25, 0.3) is 0 Å². The average molecular weight is 323 g/mol. The number of thioether (sulfide) groups is 1. The molecule has 1 aliphatic rings. The monoisotopic (exact) mass is 322 g/mol. The van der Waals surface area contributed by atoms with E-state index in [1.807, 2.05) is 0 Å². The molecule has 1 aromatic rings. The van der Waals surface area contributed by atoms with E-state index < -0.39 is 5.97 Å². The molecule has 7 heteroatoms. The molecule has 0 radical (unpaired) electrons. The minimum atomic E-state index is -1.04. The summed E-state index contributed by atoms with van der Waals surface area (Å²) in [5, 5.41) is 9.93. The number of carbonyl (C=O) groups is 1. The van der Waals surface area contributed by atoms with Crippen molar-refractivity contribution in [2.75, 3.05) is 5.75 Å². The number of aromatic carboxylic acids is 1. The second-order valence-corrected chi connectivity index (χ2v) is 6.60. The first-order valence-electron chi connectivity index (χ1n) is 5.40. The van der Waals surface area contributed by atoms with E-state index in [9.17, 15) is 4.79 Å². The van der Waals surface area contributed by atoms with Gasteiger partial charge in [0.25, 0.3) is 0 Å². The summed E-state index contributed by atoms with van der Waals surface area (Å²) in [6.07, 6.45) is 0.962. The van der Waals surface area contributed by atoms with Gasteiger partial charge in [0, 0.05) is 14.8 Å². The molecule has 0 unspecified atom stereocenters. The zero-order valence-corrected chi connectivity index (χ0v) is 12.7. The van der Waals surface area contributed by atoms with Crippen LogP contribution >= 0.6 is 35.0 Å². The number of rotatable bonds is 1. The van der Waals surface area contributed by atoms with Gasteiger partial charge in [-0.15, -0.1) is 11.8 Å². The highest BCUT2D eigenvalue weighted by molar-refractivity contribution is 7.99. The Morgan fingerprint density at radius 1 is 1.37 bits per heavy atom. The first-order chi connectivity index (χ1) is 8.84. The highest BCUT2D eigenvalue weighted by atomic mass is 35.5. The van der Waals surface area contributed by atoms with Gasteiger partial charge < -0.3 is 5.11 Å². The van der Waals surface area contributed by atoms with Gasteiger partial charge in [-0.05, 0) is 29.2 Å². The molecule has 0 aliphatic carbocycles. The second-order valence-electron chi connectivity index (χ2n) is 4.71. The summed E-state index contributed by atoms with van der Waals surface area (Å²) in [6, 6.07) is 1.44. The van der Waals surface area contributed by atoms with E-state index in [2.05, 4.69) is 13.8 Å². The van der Waals surface area contributed by atoms with Crippen LogP contribution in [0.1, 0.15) is 36.2 Å². The quantitative estimate of drug-likeness (QED) is 0.822. The van der Waals surface area contributed by atoms with Crippen molar-refractivity contribution in [1.82, 2.24) is 0 Å². The summed E-state index contributed by atoms with van der Waals surface area (Å²) in [4.78, 5) is 26.0. The lowest BCUT2D eigenvalue weighted by atomic mass is 9.81. The molecule has 19 heavy (non-hydrogen) atoms. The molecule has 0 fully saturated rings. The van der Waals surface area contributed by atoms with Crippen LogP contribution in [0.4, 0.5) is 0 Å². The van der Waals surface area contributed by atoms with Crippen LogP contribution in [0, 0.1) is 9.93 Å². The summed E-state index contributed by atoms with van der Waals surface area (Å²) in [5.41, 5.74) is 0.832. The number of fused-ring (bicyclic) bond motifs is 1. The fraction of sp³-hybridized carbons (Fsp3) is 0.417. The summed E-state index contributed by atoms with van der Waals surface area (Å²) in [5.74, 6) is -0.0614. The predicted octanol–water partition coefficient (Wildman–Crippen LogP) is 4.53. The van der Waals surface area contributed by atoms with Crippen LogP contribution in [0.2, 0.25) is 10.0 Å². The molecule has 0 amide bonds. The van der Waals surface area contributed by atoms with Gasteiger partial charge in [-0.1, -0.05) is 37.0 Å². The Balaban J connectivity index is 0.000000861. The molecule has 0 bridgehead atoms. The minimum Gasteiger partial charge on any atom is -0.478 e. The van der Waals surface area contributed by atoms with E-state index in [0.717, 1.165) is 22.6 Å². The van der Waals surface area contributed by atoms with Crippen molar-refractivity contribution in [2.45, 2.75) is 30.6 Å². The minimum absolute atomic E-state index is 0.0889. The molecule has 0 spiro atoms. The van der Waals surface area contributed by atoms with Crippen LogP contribution in [-0.4, -0.2) is 16.8 Å². The van der Waals surface area contributed by atoms with E-state index in [-0.39, 0.29) is 11.0 Å². The molecule has 2 rings (SSSR count). The van der Waals surface area contributed by atoms with Crippen molar-refractivity contribution in [2.24, 2.45) is 0 Å². The molecule has 104 valence electrons. The van der Waals surface area contributed by atoms with E-state index in [4.69, 9.17) is 38.2 Å². The Morgan fingerprint density at radius 2 is 1.95 bits per heavy atom. The highest BCUT2D eigenvalue weighted by Gasteiger charge is 2.33. The maximum Gasteiger partial charge on any atom is 0.337 e. The van der Waals surface area contributed by atoms with Crippen molar-refractivity contribution in [1.29, 1.82) is 0 Å². The van der Waals surface area contributed by atoms with E-state index in [1.165, 1.54) is 6.07 Å². The van der Waals surface area contributed by atoms with E-state index >= 15 is 0 Å². The average Bonchev–Trinajstić information content (AvgIpc) is 2.34. The lowest BCUT2D eigenvalue weighted by Gasteiger charge is -2.33. The van der Waals surface area contributed by atoms with Crippen LogP contribution in [0.3, 0.4) is 0 Å². The summed E-state index contributed by atoms with van der Waals surface area (Å²) in [7, 11) is 0. The van der Waals surface area contributed by atoms with Gasteiger partial charge in [0.1, 0.15) is 0 Å². The molecule has 1 aromatic carbocycles. The SMILES string of the molecule is CC1(C)CCSc2c(Cl)cc(C(=O)O)c(Cl)c21.O=O. The number of halogens is 2. The molecule has 0 saturated carbocycles. The smallest absolute Gasteiger partial charge is 0.337 e. The third kappa shape index (κ3) is 3.04. The third-order valence-electron chi connectivity index (χ3n) is 3.05. The third-order valence-corrected chi connectivity index (χ3v) is 4.98. The molecule has 1 aliphatic heterocycles. The summed E-state index contributed by atoms with van der Waals surface area (Å²) >= 11 is 14.0. The van der Waals surface area contributed by atoms with Crippen LogP contribution in [-0.2, 0) is 5.41 Å². The van der Waals surface area contributed by atoms with Crippen molar-refractivity contribution < 1.29 is 9.90 Å². The predicted molar refractivity (Wildman–Crippen MR) is 78.5 cm³/mol. The molecular formula is C12H12Cl2O4S. The van der Waals surface area contributed by atoms with Crippen LogP contribution in [0.15, 0.2) is 11.0 Å². The van der Waals surface area contributed by atoms with Gasteiger partial charge in [0.15, 0.2) is 0 Å². The fourth-order valence-corrected chi connectivity index (χ4v) is 4.49. The Hall–Kier alpha value is -0.780. The van der Waals surface area contributed by atoms with Crippen molar-refractivity contribution >= 4 is 40.9 Å². The van der Waals surface area contributed by atoms with E-state index in [0.29, 0.717) is 10.0 Å². The lowest BCUT2D eigenvalue weighted by Crippen LogP contribution is -2.24. The summed E-state index contributed by atoms with van der Waals surface area (Å²) < 4.78 is 0. The van der Waals surface area contributed by atoms with Crippen molar-refractivity contribution in [3.8, 4) is 0 Å². The first kappa shape index (κ1) is 16.3. The Bertz CT molecular complexity index is 517. The second kappa shape index (κ2) is 6.11. The molecule has 0 atom stereocenters. The van der Waals surface area contributed by atoms with Gasteiger partial charge in [-0.3, -0.25) is 0 Å². The Kier molecular flexibility index (Phi) is 5.24. The standard InChI is InChI=1S/C12H12Cl2O2S.O2/c1-12(2)3-4-17-10-7(13)5-6(11(15)16)9(14)8(10)12;1-2/h5H,3-4H2,1-2H3,(H,15,16);. The van der Waals surface area contributed by atoms with Crippen LogP contribution in [0.5, 0.6) is 0 Å². The molecule has 0 aromatic heterocycles. The molecule has 0 saturated heterocycles. The largest absolute Gasteiger partial charge is 0.478 e. The summed E-state index contributed by atoms with van der Waals surface area (Å²) in [6.45, 7) is 4.14. The molecule has 1 heterocycles. The first-order valence-corrected chi connectivity index (χ1v) is 7.14. The zero-order chi connectivity index (χ0) is 14.8. The number of hydrogen-bond donors (Lipinski definition) is 1. The fourth-order valence-electron chi connectivity index (χ4n) is 2.04. The van der Waals surface area contributed by atoms with E-state index in [1.54, 1.807) is 11.8 Å². The van der Waals surface area contributed by atoms with Gasteiger partial charge in [0.05, 0.1) is 15.6 Å². The lowest BCUT2D eigenvalue weighted by molar-refractivity contribution is 0.0697. The number of hydrogen-bond acceptors (Lipinski definition) is 4. The Morgan fingerprint density at radius 3 is 2.47 bits per heavy atom. The Labute approximate surface area is 124 Å². The van der Waals surface area contributed by atoms with Gasteiger partial charge in [-0.25, -0.2) is 4.79 Å². The number of benzene rings is 1. The van der Waals surface area contributed by atoms with Gasteiger partial charge in [-0.2, -0.15) is 0 Å². The number of carboxylic acids is 1. The molecule has 1 N–H and O–H groups in total. The zero-order valence-electron chi connectivity index (χ0n) is 10.3. The topological polar surface area (TPSA) is 71.4 Å². The highest BCUT2D eigenvalue weighted by Crippen LogP contribution is 2.49. The van der Waals surface area contributed by atoms with Crippen molar-refractivity contribution in [3.05, 3.63) is 37.2 Å². The maximum absolute atomic E-state index is 11.1. The normalized spacial score (nSPS) is 16.0. The van der Waals surface area contributed by atoms with Crippen molar-refractivity contribution in [3.63, 3.8) is 0 Å². The molecule has 4 nitrogen and oxygen atoms in total. The van der Waals surface area contributed by atoms with Gasteiger partial charge in [0.2, 0.25) is 0 Å². The maximum atomic E-state index is 11.1. The molecular weight excluding hydrogens is 311 g/mol. The van der Waals surface area contributed by atoms with Gasteiger partial charge >= 0.3 is 5.97 Å². The number of carboxylic acid groups (broad SMARTS) is 1.